The second-order valence-electron chi connectivity index (χ2n) is 10.9. The van der Waals surface area contributed by atoms with Crippen LogP contribution in [0.2, 0.25) is 0 Å². The number of alkyl halides is 7. The highest BCUT2D eigenvalue weighted by Gasteiger charge is 2.47. The van der Waals surface area contributed by atoms with E-state index in [0.29, 0.717) is 11.1 Å². The molecule has 0 bridgehead atoms. The normalized spacial score (nSPS) is 20.5. The number of aromatic nitrogens is 1. The van der Waals surface area contributed by atoms with E-state index >= 15 is 8.78 Å². The zero-order chi connectivity index (χ0) is 30.4. The predicted molar refractivity (Wildman–Crippen MR) is 136 cm³/mol. The lowest BCUT2D eigenvalue weighted by atomic mass is 9.81. The van der Waals surface area contributed by atoms with Gasteiger partial charge in [-0.05, 0) is 43.4 Å². The standard InChI is InChI=1S/C28H27F7N4O3/c1-15-2-5-18(6-3-15)27(31,32)24(40)38-22(17-8-10-26(29,30)11-9-17)23-36-19-12-16(4-7-20(19)42-23)13-39-14-21(28(33,34)35)37-25(39)41/h2-7,12,17,21-22H,8-11,13-14H2,1H3,(H,37,41)(H,38,40). The highest BCUT2D eigenvalue weighted by Crippen LogP contribution is 2.42. The van der Waals surface area contributed by atoms with Crippen LogP contribution in [0.25, 0.3) is 11.1 Å². The smallest absolute Gasteiger partial charge is 0.410 e. The third kappa shape index (κ3) is 6.16. The van der Waals surface area contributed by atoms with E-state index in [9.17, 15) is 31.5 Å². The molecule has 1 aliphatic heterocycles. The van der Waals surface area contributed by atoms with Gasteiger partial charge in [0.2, 0.25) is 11.8 Å². The number of nitrogens with zero attached hydrogens (tertiary/aromatic N) is 2. The minimum atomic E-state index is -4.60. The van der Waals surface area contributed by atoms with E-state index in [1.165, 1.54) is 30.3 Å². The summed E-state index contributed by atoms with van der Waals surface area (Å²) in [5, 5.41) is 4.17. The molecule has 1 aromatic heterocycles. The lowest BCUT2D eigenvalue weighted by Crippen LogP contribution is -2.43. The van der Waals surface area contributed by atoms with Gasteiger partial charge >= 0.3 is 18.1 Å². The molecule has 2 heterocycles. The van der Waals surface area contributed by atoms with E-state index in [2.05, 4.69) is 10.3 Å². The lowest BCUT2D eigenvalue weighted by molar-refractivity contribution is -0.150. The maximum atomic E-state index is 15.1. The van der Waals surface area contributed by atoms with Gasteiger partial charge in [0.1, 0.15) is 17.6 Å². The van der Waals surface area contributed by atoms with E-state index in [1.54, 1.807) is 6.92 Å². The number of rotatable bonds is 7. The molecule has 226 valence electrons. The Bertz CT molecular complexity index is 1460. The summed E-state index contributed by atoms with van der Waals surface area (Å²) in [6, 6.07) is 5.41. The summed E-state index contributed by atoms with van der Waals surface area (Å²) in [6.07, 6.45) is -5.77. The van der Waals surface area contributed by atoms with Crippen molar-refractivity contribution in [2.75, 3.05) is 6.54 Å². The van der Waals surface area contributed by atoms with Gasteiger partial charge in [-0.1, -0.05) is 35.9 Å². The van der Waals surface area contributed by atoms with E-state index in [1.807, 2.05) is 5.32 Å². The Hall–Kier alpha value is -3.84. The molecule has 2 N–H and O–H groups in total. The first-order valence-corrected chi connectivity index (χ1v) is 13.3. The molecule has 3 aromatic rings. The summed E-state index contributed by atoms with van der Waals surface area (Å²) in [6.45, 7) is 0.950. The molecule has 3 amide bonds. The van der Waals surface area contributed by atoms with E-state index in [0.717, 1.165) is 17.0 Å². The Morgan fingerprint density at radius 1 is 1.12 bits per heavy atom. The van der Waals surface area contributed by atoms with Gasteiger partial charge in [0.05, 0.1) is 6.54 Å². The number of hydrogen-bond acceptors (Lipinski definition) is 4. The van der Waals surface area contributed by atoms with Crippen molar-refractivity contribution < 1.29 is 44.7 Å². The number of aryl methyl sites for hydroxylation is 1. The number of nitrogens with one attached hydrogen (secondary N) is 2. The molecular weight excluding hydrogens is 573 g/mol. The average Bonchev–Trinajstić information content (AvgIpc) is 3.50. The molecule has 5 rings (SSSR count). The van der Waals surface area contributed by atoms with Crippen molar-refractivity contribution in [2.24, 2.45) is 5.92 Å². The Morgan fingerprint density at radius 2 is 1.79 bits per heavy atom. The minimum absolute atomic E-state index is 0.0809. The number of amides is 3. The molecule has 1 aliphatic carbocycles. The van der Waals surface area contributed by atoms with Crippen molar-refractivity contribution in [3.63, 3.8) is 0 Å². The molecule has 2 aliphatic rings. The number of urea groups is 1. The predicted octanol–water partition coefficient (Wildman–Crippen LogP) is 6.37. The number of carbonyl (C=O) groups excluding carboxylic acids is 2. The summed E-state index contributed by atoms with van der Waals surface area (Å²) in [7, 11) is 0. The van der Waals surface area contributed by atoms with Crippen LogP contribution in [0.4, 0.5) is 35.5 Å². The topological polar surface area (TPSA) is 87.5 Å². The lowest BCUT2D eigenvalue weighted by Gasteiger charge is -2.33. The number of fused-ring (bicyclic) bond motifs is 1. The Morgan fingerprint density at radius 3 is 2.40 bits per heavy atom. The summed E-state index contributed by atoms with van der Waals surface area (Å²) in [5.74, 6) is -9.34. The van der Waals surface area contributed by atoms with E-state index in [4.69, 9.17) is 4.42 Å². The van der Waals surface area contributed by atoms with Crippen LogP contribution in [-0.4, -0.2) is 46.5 Å². The van der Waals surface area contributed by atoms with Crippen LogP contribution < -0.4 is 10.6 Å². The molecule has 7 nitrogen and oxygen atoms in total. The van der Waals surface area contributed by atoms with Gasteiger partial charge in [-0.15, -0.1) is 0 Å². The van der Waals surface area contributed by atoms with Crippen LogP contribution in [0.5, 0.6) is 0 Å². The maximum absolute atomic E-state index is 15.1. The number of carbonyl (C=O) groups is 2. The Kier molecular flexibility index (Phi) is 7.60. The Labute approximate surface area is 235 Å². The van der Waals surface area contributed by atoms with Gasteiger partial charge in [0.25, 0.3) is 5.91 Å². The first-order valence-electron chi connectivity index (χ1n) is 13.3. The second kappa shape index (κ2) is 10.8. The van der Waals surface area contributed by atoms with E-state index < -0.39 is 72.9 Å². The van der Waals surface area contributed by atoms with Crippen LogP contribution in [0.15, 0.2) is 46.9 Å². The second-order valence-corrected chi connectivity index (χ2v) is 10.9. The van der Waals surface area contributed by atoms with Crippen molar-refractivity contribution >= 4 is 23.0 Å². The first-order chi connectivity index (χ1) is 19.6. The highest BCUT2D eigenvalue weighted by atomic mass is 19.4. The number of hydrogen-bond donors (Lipinski definition) is 2. The van der Waals surface area contributed by atoms with Crippen LogP contribution in [0, 0.1) is 12.8 Å². The zero-order valence-electron chi connectivity index (χ0n) is 22.3. The summed E-state index contributed by atoms with van der Waals surface area (Å²) >= 11 is 0. The monoisotopic (exact) mass is 600 g/mol. The molecule has 1 saturated heterocycles. The van der Waals surface area contributed by atoms with Crippen LogP contribution in [0.1, 0.15) is 54.3 Å². The summed E-state index contributed by atoms with van der Waals surface area (Å²) in [4.78, 5) is 30.3. The van der Waals surface area contributed by atoms with Gasteiger partial charge < -0.3 is 20.0 Å². The fourth-order valence-electron chi connectivity index (χ4n) is 5.26. The molecular formula is C28H27F7N4O3. The molecule has 42 heavy (non-hydrogen) atoms. The average molecular weight is 601 g/mol. The van der Waals surface area contributed by atoms with Gasteiger partial charge in [-0.25, -0.2) is 18.6 Å². The number of halogens is 7. The van der Waals surface area contributed by atoms with Crippen molar-refractivity contribution in [3.05, 3.63) is 65.0 Å². The third-order valence-electron chi connectivity index (χ3n) is 7.71. The molecule has 0 spiro atoms. The van der Waals surface area contributed by atoms with Crippen molar-refractivity contribution in [1.29, 1.82) is 0 Å². The fourth-order valence-corrected chi connectivity index (χ4v) is 5.26. The molecule has 2 unspecified atom stereocenters. The maximum Gasteiger partial charge on any atom is 0.410 e. The van der Waals surface area contributed by atoms with Crippen LogP contribution >= 0.6 is 0 Å². The summed E-state index contributed by atoms with van der Waals surface area (Å²) in [5.41, 5.74) is 0.968. The van der Waals surface area contributed by atoms with Crippen molar-refractivity contribution in [3.8, 4) is 0 Å². The molecule has 2 aromatic carbocycles. The summed E-state index contributed by atoms with van der Waals surface area (Å²) < 4.78 is 103. The van der Waals surface area contributed by atoms with Crippen LogP contribution in [-0.2, 0) is 17.3 Å². The highest BCUT2D eigenvalue weighted by molar-refractivity contribution is 5.85. The molecule has 0 radical (unpaired) electrons. The van der Waals surface area contributed by atoms with Gasteiger partial charge in [0, 0.05) is 24.9 Å². The largest absolute Gasteiger partial charge is 0.438 e. The molecule has 1 saturated carbocycles. The Balaban J connectivity index is 1.40. The molecule has 2 fully saturated rings. The van der Waals surface area contributed by atoms with E-state index in [-0.39, 0.29) is 36.4 Å². The third-order valence-corrected chi connectivity index (χ3v) is 7.71. The zero-order valence-corrected chi connectivity index (χ0v) is 22.3. The van der Waals surface area contributed by atoms with Crippen LogP contribution in [0.3, 0.4) is 0 Å². The fraction of sp³-hybridized carbons (Fsp3) is 0.464. The SMILES string of the molecule is Cc1ccc(C(F)(F)C(=O)NC(c2nc3cc(CN4CC(C(F)(F)F)NC4=O)ccc3o2)C2CCC(F)(F)CC2)cc1. The number of benzene rings is 2. The van der Waals surface area contributed by atoms with Crippen molar-refractivity contribution in [2.45, 2.75) is 69.3 Å². The first kappa shape index (κ1) is 29.6. The number of oxazole rings is 1. The minimum Gasteiger partial charge on any atom is -0.438 e. The van der Waals surface area contributed by atoms with Gasteiger partial charge in [-0.2, -0.15) is 22.0 Å². The van der Waals surface area contributed by atoms with Gasteiger partial charge in [0.15, 0.2) is 5.58 Å². The quantitative estimate of drug-likeness (QED) is 0.309. The molecule has 2 atom stereocenters. The van der Waals surface area contributed by atoms with Crippen molar-refractivity contribution in [1.82, 2.24) is 20.5 Å². The molecule has 14 heteroatoms. The van der Waals surface area contributed by atoms with Gasteiger partial charge in [-0.3, -0.25) is 4.79 Å².